The molecule has 1 aliphatic heterocycles. The summed E-state index contributed by atoms with van der Waals surface area (Å²) < 4.78 is 65.7. The van der Waals surface area contributed by atoms with Gasteiger partial charge in [-0.2, -0.15) is 22.0 Å². The minimum Gasteiger partial charge on any atom is -0.380 e. The van der Waals surface area contributed by atoms with Crippen LogP contribution in [0, 0.1) is 0 Å². The van der Waals surface area contributed by atoms with E-state index in [-0.39, 0.29) is 19.5 Å². The van der Waals surface area contributed by atoms with Gasteiger partial charge in [0.25, 0.3) is 0 Å². The van der Waals surface area contributed by atoms with Gasteiger partial charge < -0.3 is 9.64 Å². The van der Waals surface area contributed by atoms with E-state index in [4.69, 9.17) is 4.74 Å². The van der Waals surface area contributed by atoms with Crippen molar-refractivity contribution >= 4 is 5.91 Å². The average Bonchev–Trinajstić information content (AvgIpc) is 2.62. The molecule has 1 aliphatic rings. The molecule has 1 heterocycles. The maximum absolute atomic E-state index is 12.7. The first-order chi connectivity index (χ1) is 7.20. The van der Waals surface area contributed by atoms with E-state index in [1.807, 2.05) is 0 Å². The Labute approximate surface area is 88.2 Å². The molecule has 1 amide bonds. The van der Waals surface area contributed by atoms with Crippen LogP contribution in [0.4, 0.5) is 22.0 Å². The van der Waals surface area contributed by atoms with Gasteiger partial charge in [-0.3, -0.25) is 4.79 Å². The van der Waals surface area contributed by atoms with Crippen LogP contribution in [0.25, 0.3) is 0 Å². The Morgan fingerprint density at radius 3 is 2.25 bits per heavy atom. The fourth-order valence-corrected chi connectivity index (χ4v) is 1.42. The minimum absolute atomic E-state index is 0.150. The summed E-state index contributed by atoms with van der Waals surface area (Å²) in [5.74, 6) is -7.53. The molecule has 3 nitrogen and oxygen atoms in total. The van der Waals surface area contributed by atoms with Crippen LogP contribution in [-0.4, -0.2) is 49.2 Å². The first-order valence-electron chi connectivity index (χ1n) is 4.47. The van der Waals surface area contributed by atoms with Gasteiger partial charge in [0, 0.05) is 20.2 Å². The first-order valence-corrected chi connectivity index (χ1v) is 4.47. The van der Waals surface area contributed by atoms with E-state index < -0.39 is 24.1 Å². The lowest BCUT2D eigenvalue weighted by Crippen LogP contribution is -2.51. The van der Waals surface area contributed by atoms with Gasteiger partial charge in [0.05, 0.1) is 6.10 Å². The van der Waals surface area contributed by atoms with Gasteiger partial charge in [0.15, 0.2) is 0 Å². The van der Waals surface area contributed by atoms with Crippen molar-refractivity contribution in [3.8, 4) is 0 Å². The number of carbonyl (C=O) groups excluding carboxylic acids is 1. The van der Waals surface area contributed by atoms with E-state index in [1.165, 1.54) is 7.11 Å². The average molecular weight is 247 g/mol. The van der Waals surface area contributed by atoms with E-state index >= 15 is 0 Å². The van der Waals surface area contributed by atoms with Crippen molar-refractivity contribution in [3.63, 3.8) is 0 Å². The molecule has 1 rings (SSSR count). The summed E-state index contributed by atoms with van der Waals surface area (Å²) in [6.07, 6.45) is -6.07. The minimum atomic E-state index is -5.85. The second-order valence-corrected chi connectivity index (χ2v) is 3.47. The molecule has 1 saturated heterocycles. The number of nitrogens with zero attached hydrogens (tertiary/aromatic N) is 1. The number of ether oxygens (including phenoxy) is 1. The highest BCUT2D eigenvalue weighted by Gasteiger charge is 2.65. The van der Waals surface area contributed by atoms with E-state index in [2.05, 4.69) is 0 Å². The zero-order valence-corrected chi connectivity index (χ0v) is 8.35. The topological polar surface area (TPSA) is 29.5 Å². The summed E-state index contributed by atoms with van der Waals surface area (Å²) in [6.45, 7) is -0.385. The number of hydrogen-bond acceptors (Lipinski definition) is 2. The monoisotopic (exact) mass is 247 g/mol. The molecule has 1 atom stereocenters. The molecule has 0 N–H and O–H groups in total. The van der Waals surface area contributed by atoms with Gasteiger partial charge in [-0.05, 0) is 6.42 Å². The van der Waals surface area contributed by atoms with Crippen LogP contribution in [0.2, 0.25) is 0 Å². The van der Waals surface area contributed by atoms with Gasteiger partial charge in [0.1, 0.15) is 0 Å². The summed E-state index contributed by atoms with van der Waals surface area (Å²) in [5.41, 5.74) is 0. The number of halogens is 5. The largest absolute Gasteiger partial charge is 0.463 e. The molecule has 0 spiro atoms. The standard InChI is InChI=1S/C8H10F5NO2/c1-16-5-2-3-14(4-5)6(15)7(9,10)8(11,12)13/h5H,2-4H2,1H3. The lowest BCUT2D eigenvalue weighted by atomic mass is 10.3. The van der Waals surface area contributed by atoms with Crippen LogP contribution in [0.3, 0.4) is 0 Å². The summed E-state index contributed by atoms with van der Waals surface area (Å²) in [4.78, 5) is 11.4. The fraction of sp³-hybridized carbons (Fsp3) is 0.875. The van der Waals surface area contributed by atoms with Crippen LogP contribution >= 0.6 is 0 Å². The number of hydrogen-bond donors (Lipinski definition) is 0. The molecule has 16 heavy (non-hydrogen) atoms. The van der Waals surface area contributed by atoms with Gasteiger partial charge in [-0.1, -0.05) is 0 Å². The normalized spacial score (nSPS) is 22.6. The molecule has 0 aliphatic carbocycles. The predicted octanol–water partition coefficient (Wildman–Crippen LogP) is 1.43. The van der Waals surface area contributed by atoms with Gasteiger partial charge in [-0.25, -0.2) is 0 Å². The van der Waals surface area contributed by atoms with Crippen LogP contribution in [0.15, 0.2) is 0 Å². The highest BCUT2D eigenvalue weighted by atomic mass is 19.4. The van der Waals surface area contributed by atoms with Crippen molar-refractivity contribution in [2.75, 3.05) is 20.2 Å². The number of likely N-dealkylation sites (tertiary alicyclic amines) is 1. The van der Waals surface area contributed by atoms with Crippen LogP contribution in [0.1, 0.15) is 6.42 Å². The molecule has 0 aromatic carbocycles. The Morgan fingerprint density at radius 2 is 1.88 bits per heavy atom. The molecule has 0 saturated carbocycles. The third-order valence-corrected chi connectivity index (χ3v) is 2.39. The van der Waals surface area contributed by atoms with E-state index in [0.29, 0.717) is 4.90 Å². The number of alkyl halides is 5. The zero-order valence-electron chi connectivity index (χ0n) is 8.35. The maximum Gasteiger partial charge on any atom is 0.463 e. The summed E-state index contributed by atoms with van der Waals surface area (Å²) in [7, 11) is 1.31. The van der Waals surface area contributed by atoms with Crippen molar-refractivity contribution in [2.45, 2.75) is 24.6 Å². The summed E-state index contributed by atoms with van der Waals surface area (Å²) in [6, 6.07) is 0. The van der Waals surface area contributed by atoms with Crippen molar-refractivity contribution in [1.29, 1.82) is 0 Å². The molecular weight excluding hydrogens is 237 g/mol. The van der Waals surface area contributed by atoms with Crippen LogP contribution < -0.4 is 0 Å². The van der Waals surface area contributed by atoms with Gasteiger partial charge in [-0.15, -0.1) is 0 Å². The van der Waals surface area contributed by atoms with Crippen molar-refractivity contribution < 1.29 is 31.5 Å². The highest BCUT2D eigenvalue weighted by molar-refractivity contribution is 5.84. The number of carbonyl (C=O) groups is 1. The molecular formula is C8H10F5NO2. The Kier molecular flexibility index (Phi) is 3.41. The lowest BCUT2D eigenvalue weighted by molar-refractivity contribution is -0.274. The zero-order chi connectivity index (χ0) is 12.6. The van der Waals surface area contributed by atoms with Gasteiger partial charge >= 0.3 is 18.0 Å². The Bertz CT molecular complexity index is 278. The predicted molar refractivity (Wildman–Crippen MR) is 43.0 cm³/mol. The molecule has 0 aromatic heterocycles. The number of methoxy groups -OCH3 is 1. The Morgan fingerprint density at radius 1 is 1.31 bits per heavy atom. The summed E-state index contributed by atoms with van der Waals surface area (Å²) in [5, 5.41) is 0. The Hall–Kier alpha value is -0.920. The molecule has 1 unspecified atom stereocenters. The number of rotatable bonds is 2. The lowest BCUT2D eigenvalue weighted by Gasteiger charge is -2.24. The van der Waals surface area contributed by atoms with Crippen LogP contribution in [0.5, 0.6) is 0 Å². The van der Waals surface area contributed by atoms with E-state index in [0.717, 1.165) is 0 Å². The van der Waals surface area contributed by atoms with Gasteiger partial charge in [0.2, 0.25) is 0 Å². The molecule has 0 bridgehead atoms. The SMILES string of the molecule is COC1CCN(C(=O)C(F)(F)C(F)(F)F)C1. The van der Waals surface area contributed by atoms with Crippen molar-refractivity contribution in [1.82, 2.24) is 4.90 Å². The third kappa shape index (κ3) is 2.26. The Balaban J connectivity index is 2.72. The molecule has 1 fully saturated rings. The molecule has 94 valence electrons. The molecule has 0 radical (unpaired) electrons. The molecule has 0 aromatic rings. The van der Waals surface area contributed by atoms with Crippen LogP contribution in [-0.2, 0) is 9.53 Å². The second kappa shape index (κ2) is 4.15. The van der Waals surface area contributed by atoms with Crippen molar-refractivity contribution in [2.24, 2.45) is 0 Å². The quantitative estimate of drug-likeness (QED) is 0.691. The van der Waals surface area contributed by atoms with Crippen molar-refractivity contribution in [3.05, 3.63) is 0 Å². The summed E-state index contributed by atoms with van der Waals surface area (Å²) >= 11 is 0. The molecule has 8 heteroatoms. The second-order valence-electron chi connectivity index (χ2n) is 3.47. The highest BCUT2D eigenvalue weighted by Crippen LogP contribution is 2.37. The number of amides is 1. The van der Waals surface area contributed by atoms with E-state index in [9.17, 15) is 26.7 Å². The third-order valence-electron chi connectivity index (χ3n) is 2.39. The maximum atomic E-state index is 12.7. The van der Waals surface area contributed by atoms with E-state index in [1.54, 1.807) is 0 Å². The first kappa shape index (κ1) is 13.1. The fourth-order valence-electron chi connectivity index (χ4n) is 1.42. The smallest absolute Gasteiger partial charge is 0.380 e.